The van der Waals surface area contributed by atoms with Crippen LogP contribution in [0.15, 0.2) is 167 Å². The molecule has 2 heterocycles. The number of furan rings is 2. The first-order chi connectivity index (χ1) is 25.1. The van der Waals surface area contributed by atoms with Crippen molar-refractivity contribution in [1.29, 1.82) is 0 Å². The maximum Gasteiger partial charge on any atom is 0.143 e. The van der Waals surface area contributed by atoms with E-state index in [0.717, 1.165) is 38.5 Å². The molecular weight excluding hydrogens is 621 g/mol. The fraction of sp³-hybridized carbons (Fsp3) is 0.0612. The summed E-state index contributed by atoms with van der Waals surface area (Å²) in [6.45, 7) is 4.65. The average molecular weight is 653 g/mol. The molecule has 2 aromatic heterocycles. The van der Waals surface area contributed by atoms with Crippen LogP contribution in [0.4, 0.5) is 0 Å². The first kappa shape index (κ1) is 28.5. The molecular formula is C49H32O2. The van der Waals surface area contributed by atoms with Crippen LogP contribution in [0, 0.1) is 0 Å². The molecule has 8 aromatic carbocycles. The van der Waals surface area contributed by atoms with E-state index >= 15 is 0 Å². The molecule has 0 N–H and O–H groups in total. The summed E-state index contributed by atoms with van der Waals surface area (Å²) in [4.78, 5) is 0. The van der Waals surface area contributed by atoms with Crippen molar-refractivity contribution < 1.29 is 8.83 Å². The third-order valence-electron chi connectivity index (χ3n) is 11.4. The zero-order valence-electron chi connectivity index (χ0n) is 28.3. The first-order valence-electron chi connectivity index (χ1n) is 17.7. The average Bonchev–Trinajstić information content (AvgIpc) is 3.86. The minimum atomic E-state index is -0.0908. The van der Waals surface area contributed by atoms with E-state index in [1.807, 2.05) is 6.07 Å². The molecule has 0 saturated heterocycles. The number of rotatable bonds is 3. The van der Waals surface area contributed by atoms with Crippen LogP contribution >= 0.6 is 0 Å². The van der Waals surface area contributed by atoms with Gasteiger partial charge in [0.25, 0.3) is 0 Å². The molecule has 0 fully saturated rings. The number of hydrogen-bond donors (Lipinski definition) is 0. The van der Waals surface area contributed by atoms with Crippen LogP contribution in [0.25, 0.3) is 99.0 Å². The van der Waals surface area contributed by atoms with Gasteiger partial charge in [-0.05, 0) is 96.4 Å². The van der Waals surface area contributed by atoms with E-state index in [9.17, 15) is 0 Å². The van der Waals surface area contributed by atoms with Crippen molar-refractivity contribution in [2.24, 2.45) is 0 Å². The topological polar surface area (TPSA) is 26.3 Å². The van der Waals surface area contributed by atoms with E-state index < -0.39 is 0 Å². The van der Waals surface area contributed by atoms with Crippen molar-refractivity contribution in [3.05, 3.63) is 169 Å². The van der Waals surface area contributed by atoms with Gasteiger partial charge in [-0.2, -0.15) is 0 Å². The van der Waals surface area contributed by atoms with Crippen molar-refractivity contribution in [1.82, 2.24) is 0 Å². The summed E-state index contributed by atoms with van der Waals surface area (Å²) in [5.74, 6) is 0. The summed E-state index contributed by atoms with van der Waals surface area (Å²) in [6, 6.07) is 55.1. The molecule has 240 valence electrons. The minimum absolute atomic E-state index is 0.0908. The molecule has 0 atom stereocenters. The Bertz CT molecular complexity index is 3000. The summed E-state index contributed by atoms with van der Waals surface area (Å²) >= 11 is 0. The number of fused-ring (bicyclic) bond motifs is 9. The van der Waals surface area contributed by atoms with Gasteiger partial charge in [0.15, 0.2) is 0 Å². The molecule has 51 heavy (non-hydrogen) atoms. The van der Waals surface area contributed by atoms with Gasteiger partial charge < -0.3 is 8.83 Å². The Morgan fingerprint density at radius 3 is 1.82 bits per heavy atom. The Labute approximate surface area is 295 Å². The predicted octanol–water partition coefficient (Wildman–Crippen LogP) is 13.9. The standard InChI is InChI=1S/C49H32O2/c1-49(2)42-22-8-7-14-32(42)40-27-41-38-20-10-21-39(48(38)51-45(41)28-43(40)49)47-36-17-5-3-15-34(36)46(35-16-4-6-18-37(35)47)30-13-9-12-29(26-30)31-19-11-23-44-33(31)24-25-50-44/h3-28H,1-2H3. The van der Waals surface area contributed by atoms with Crippen LogP contribution in [0.2, 0.25) is 0 Å². The molecule has 0 spiro atoms. The Balaban J connectivity index is 1.17. The quantitative estimate of drug-likeness (QED) is 0.178. The largest absolute Gasteiger partial charge is 0.464 e. The van der Waals surface area contributed by atoms with Gasteiger partial charge in [0.1, 0.15) is 16.7 Å². The van der Waals surface area contributed by atoms with Crippen LogP contribution in [0.3, 0.4) is 0 Å². The van der Waals surface area contributed by atoms with Gasteiger partial charge in [0, 0.05) is 32.7 Å². The normalized spacial score (nSPS) is 13.5. The first-order valence-corrected chi connectivity index (χ1v) is 17.7. The van der Waals surface area contributed by atoms with Crippen LogP contribution in [0.1, 0.15) is 25.0 Å². The second-order valence-corrected chi connectivity index (χ2v) is 14.4. The highest BCUT2D eigenvalue weighted by molar-refractivity contribution is 6.24. The molecule has 1 aliphatic rings. The van der Waals surface area contributed by atoms with Gasteiger partial charge in [0.2, 0.25) is 0 Å². The van der Waals surface area contributed by atoms with E-state index in [4.69, 9.17) is 8.83 Å². The monoisotopic (exact) mass is 652 g/mol. The Hall–Kier alpha value is -6.38. The summed E-state index contributed by atoms with van der Waals surface area (Å²) in [5.41, 5.74) is 15.1. The number of benzene rings is 8. The molecule has 2 heteroatoms. The van der Waals surface area contributed by atoms with Crippen molar-refractivity contribution in [2.75, 3.05) is 0 Å². The van der Waals surface area contributed by atoms with E-state index in [0.29, 0.717) is 0 Å². The summed E-state index contributed by atoms with van der Waals surface area (Å²) in [5, 5.41) is 8.28. The van der Waals surface area contributed by atoms with Crippen molar-refractivity contribution in [3.8, 4) is 44.5 Å². The van der Waals surface area contributed by atoms with E-state index in [-0.39, 0.29) is 5.41 Å². The van der Waals surface area contributed by atoms with Crippen molar-refractivity contribution in [3.63, 3.8) is 0 Å². The van der Waals surface area contributed by atoms with E-state index in [1.54, 1.807) is 6.26 Å². The van der Waals surface area contributed by atoms with Gasteiger partial charge in [-0.3, -0.25) is 0 Å². The summed E-state index contributed by atoms with van der Waals surface area (Å²) in [6.07, 6.45) is 1.77. The second-order valence-electron chi connectivity index (χ2n) is 14.4. The highest BCUT2D eigenvalue weighted by Gasteiger charge is 2.36. The Morgan fingerprint density at radius 2 is 1.02 bits per heavy atom. The van der Waals surface area contributed by atoms with Crippen molar-refractivity contribution >= 4 is 54.5 Å². The minimum Gasteiger partial charge on any atom is -0.464 e. The lowest BCUT2D eigenvalue weighted by molar-refractivity contribution is 0.616. The molecule has 10 aromatic rings. The molecule has 0 saturated carbocycles. The van der Waals surface area contributed by atoms with Crippen LogP contribution in [0.5, 0.6) is 0 Å². The maximum absolute atomic E-state index is 6.95. The van der Waals surface area contributed by atoms with Crippen molar-refractivity contribution in [2.45, 2.75) is 19.3 Å². The fourth-order valence-electron chi connectivity index (χ4n) is 9.01. The highest BCUT2D eigenvalue weighted by atomic mass is 16.3. The van der Waals surface area contributed by atoms with Gasteiger partial charge >= 0.3 is 0 Å². The molecule has 0 aliphatic heterocycles. The molecule has 0 amide bonds. The second kappa shape index (κ2) is 10.3. The molecule has 2 nitrogen and oxygen atoms in total. The third-order valence-corrected chi connectivity index (χ3v) is 11.4. The SMILES string of the molecule is CC1(C)c2ccccc2-c2cc3c(cc21)oc1c(-c2c4ccccc4c(-c4cccc(-c5cccc6occc56)c4)c4ccccc24)cccc13. The van der Waals surface area contributed by atoms with E-state index in [1.165, 1.54) is 71.6 Å². The molecule has 0 unspecified atom stereocenters. The van der Waals surface area contributed by atoms with E-state index in [2.05, 4.69) is 159 Å². The van der Waals surface area contributed by atoms with Gasteiger partial charge in [-0.25, -0.2) is 0 Å². The zero-order valence-corrected chi connectivity index (χ0v) is 28.3. The number of para-hydroxylation sites is 1. The zero-order chi connectivity index (χ0) is 33.8. The lowest BCUT2D eigenvalue weighted by atomic mass is 9.82. The Morgan fingerprint density at radius 1 is 0.392 bits per heavy atom. The number of hydrogen-bond acceptors (Lipinski definition) is 2. The van der Waals surface area contributed by atoms with Gasteiger partial charge in [-0.15, -0.1) is 0 Å². The lowest BCUT2D eigenvalue weighted by Crippen LogP contribution is -2.14. The Kier molecular flexibility index (Phi) is 5.76. The third kappa shape index (κ3) is 3.93. The van der Waals surface area contributed by atoms with Gasteiger partial charge in [0.05, 0.1) is 6.26 Å². The molecule has 0 bridgehead atoms. The van der Waals surface area contributed by atoms with Gasteiger partial charge in [-0.1, -0.05) is 135 Å². The van der Waals surface area contributed by atoms with Crippen LogP contribution in [-0.4, -0.2) is 0 Å². The summed E-state index contributed by atoms with van der Waals surface area (Å²) < 4.78 is 12.7. The lowest BCUT2D eigenvalue weighted by Gasteiger charge is -2.21. The highest BCUT2D eigenvalue weighted by Crippen LogP contribution is 2.52. The maximum atomic E-state index is 6.95. The summed E-state index contributed by atoms with van der Waals surface area (Å²) in [7, 11) is 0. The molecule has 1 aliphatic carbocycles. The smallest absolute Gasteiger partial charge is 0.143 e. The van der Waals surface area contributed by atoms with Crippen LogP contribution < -0.4 is 0 Å². The molecule has 0 radical (unpaired) electrons. The van der Waals surface area contributed by atoms with Crippen LogP contribution in [-0.2, 0) is 5.41 Å². The molecule has 11 rings (SSSR count). The predicted molar refractivity (Wildman–Crippen MR) is 212 cm³/mol. The fourth-order valence-corrected chi connectivity index (χ4v) is 9.01.